The molecule has 0 radical (unpaired) electrons. The number of carbonyl (C=O) groups excluding carboxylic acids is 1. The first-order chi connectivity index (χ1) is 16.9. The number of aromatic nitrogens is 1. The Bertz CT molecular complexity index is 939. The van der Waals surface area contributed by atoms with Crippen LogP contribution in [0.1, 0.15) is 52.9 Å². The molecule has 1 atom stereocenters. The maximum Gasteiger partial charge on any atom is 0.410 e. The van der Waals surface area contributed by atoms with Gasteiger partial charge in [-0.25, -0.2) is 4.79 Å². The van der Waals surface area contributed by atoms with Crippen LogP contribution in [0.4, 0.5) is 10.5 Å². The summed E-state index contributed by atoms with van der Waals surface area (Å²) in [5, 5.41) is 0. The molecule has 0 bridgehead atoms. The average Bonchev–Trinajstić information content (AvgIpc) is 3.32. The van der Waals surface area contributed by atoms with Crippen molar-refractivity contribution in [3.05, 3.63) is 48.8 Å². The predicted octanol–water partition coefficient (Wildman–Crippen LogP) is 5.55. The largest absolute Gasteiger partial charge is 0.494 e. The van der Waals surface area contributed by atoms with Crippen LogP contribution in [-0.2, 0) is 4.74 Å². The van der Waals surface area contributed by atoms with Crippen molar-refractivity contribution in [3.63, 3.8) is 0 Å². The lowest BCUT2D eigenvalue weighted by Gasteiger charge is -2.33. The molecule has 7 nitrogen and oxygen atoms in total. The van der Waals surface area contributed by atoms with E-state index in [1.807, 2.05) is 57.3 Å². The third kappa shape index (κ3) is 7.51. The number of hydrogen-bond acceptors (Lipinski definition) is 6. The van der Waals surface area contributed by atoms with Crippen LogP contribution in [0.25, 0.3) is 0 Å². The van der Waals surface area contributed by atoms with E-state index in [1.54, 1.807) is 11.1 Å². The molecule has 0 saturated carbocycles. The van der Waals surface area contributed by atoms with Gasteiger partial charge < -0.3 is 24.0 Å². The number of rotatable bonds is 8. The molecule has 0 N–H and O–H groups in total. The Morgan fingerprint density at radius 3 is 2.51 bits per heavy atom. The first kappa shape index (κ1) is 25.1. The molecule has 1 aromatic carbocycles. The zero-order valence-corrected chi connectivity index (χ0v) is 21.3. The van der Waals surface area contributed by atoms with Crippen LogP contribution in [0.3, 0.4) is 0 Å². The molecule has 1 amide bonds. The van der Waals surface area contributed by atoms with E-state index in [0.717, 1.165) is 69.0 Å². The summed E-state index contributed by atoms with van der Waals surface area (Å²) in [6.45, 7) is 9.63. The van der Waals surface area contributed by atoms with Gasteiger partial charge in [-0.3, -0.25) is 4.98 Å². The zero-order chi connectivity index (χ0) is 24.7. The molecule has 35 heavy (non-hydrogen) atoms. The van der Waals surface area contributed by atoms with E-state index in [2.05, 4.69) is 16.0 Å². The number of benzene rings is 1. The van der Waals surface area contributed by atoms with E-state index < -0.39 is 5.60 Å². The van der Waals surface area contributed by atoms with Gasteiger partial charge in [0.2, 0.25) is 0 Å². The van der Waals surface area contributed by atoms with Gasteiger partial charge in [-0.2, -0.15) is 0 Å². The predicted molar refractivity (Wildman–Crippen MR) is 137 cm³/mol. The van der Waals surface area contributed by atoms with Gasteiger partial charge in [0.05, 0.1) is 30.7 Å². The molecule has 1 aromatic heterocycles. The summed E-state index contributed by atoms with van der Waals surface area (Å²) in [6.07, 6.45) is 8.68. The third-order valence-electron chi connectivity index (χ3n) is 6.66. The summed E-state index contributed by atoms with van der Waals surface area (Å²) < 4.78 is 17.5. The van der Waals surface area contributed by atoms with E-state index in [-0.39, 0.29) is 12.1 Å². The molecular formula is C28H39N3O4. The fraction of sp³-hybridized carbons (Fsp3) is 0.571. The SMILES string of the molecule is CC(C)(C)OC(=O)N1CCC[C@H]1COc1cncc(N2CCC(CCOc3ccccc3)CC2)c1. The number of hydrogen-bond donors (Lipinski definition) is 0. The Morgan fingerprint density at radius 2 is 1.77 bits per heavy atom. The molecule has 0 unspecified atom stereocenters. The number of anilines is 1. The van der Waals surface area contributed by atoms with Crippen molar-refractivity contribution < 1.29 is 19.0 Å². The molecule has 3 heterocycles. The summed E-state index contributed by atoms with van der Waals surface area (Å²) in [4.78, 5) is 21.1. The molecule has 2 aliphatic heterocycles. The van der Waals surface area contributed by atoms with E-state index in [4.69, 9.17) is 14.2 Å². The van der Waals surface area contributed by atoms with Gasteiger partial charge in [-0.1, -0.05) is 18.2 Å². The van der Waals surface area contributed by atoms with Crippen molar-refractivity contribution >= 4 is 11.8 Å². The Labute approximate surface area is 209 Å². The van der Waals surface area contributed by atoms with Crippen molar-refractivity contribution in [2.24, 2.45) is 5.92 Å². The molecule has 2 fully saturated rings. The molecule has 2 saturated heterocycles. The smallest absolute Gasteiger partial charge is 0.410 e. The van der Waals surface area contributed by atoms with Gasteiger partial charge in [0, 0.05) is 25.7 Å². The quantitative estimate of drug-likeness (QED) is 0.493. The highest BCUT2D eigenvalue weighted by Gasteiger charge is 2.32. The van der Waals surface area contributed by atoms with Crippen LogP contribution >= 0.6 is 0 Å². The highest BCUT2D eigenvalue weighted by atomic mass is 16.6. The number of piperidine rings is 1. The Morgan fingerprint density at radius 1 is 1.00 bits per heavy atom. The van der Waals surface area contributed by atoms with Crippen LogP contribution < -0.4 is 14.4 Å². The van der Waals surface area contributed by atoms with Crippen LogP contribution in [-0.4, -0.2) is 60.5 Å². The summed E-state index contributed by atoms with van der Waals surface area (Å²) >= 11 is 0. The number of amides is 1. The molecule has 4 rings (SSSR count). The molecule has 0 spiro atoms. The second-order valence-corrected chi connectivity index (χ2v) is 10.5. The fourth-order valence-electron chi connectivity index (χ4n) is 4.76. The van der Waals surface area contributed by atoms with E-state index in [0.29, 0.717) is 19.1 Å². The summed E-state index contributed by atoms with van der Waals surface area (Å²) in [7, 11) is 0. The first-order valence-electron chi connectivity index (χ1n) is 12.9. The minimum Gasteiger partial charge on any atom is -0.494 e. The van der Waals surface area contributed by atoms with E-state index >= 15 is 0 Å². The monoisotopic (exact) mass is 481 g/mol. The number of carbonyl (C=O) groups is 1. The number of ether oxygens (including phenoxy) is 3. The van der Waals surface area contributed by atoms with Gasteiger partial charge in [-0.15, -0.1) is 0 Å². The van der Waals surface area contributed by atoms with E-state index in [1.165, 1.54) is 0 Å². The number of nitrogens with zero attached hydrogens (tertiary/aromatic N) is 3. The lowest BCUT2D eigenvalue weighted by molar-refractivity contribution is 0.0187. The van der Waals surface area contributed by atoms with Gasteiger partial charge in [-0.05, 0) is 70.9 Å². The van der Waals surface area contributed by atoms with Crippen molar-refractivity contribution in [2.45, 2.75) is 64.5 Å². The molecular weight excluding hydrogens is 442 g/mol. The van der Waals surface area contributed by atoms with Crippen LogP contribution in [0, 0.1) is 5.92 Å². The van der Waals surface area contributed by atoms with Crippen LogP contribution in [0.2, 0.25) is 0 Å². The summed E-state index contributed by atoms with van der Waals surface area (Å²) in [5.41, 5.74) is 0.600. The Balaban J connectivity index is 1.22. The molecule has 0 aliphatic carbocycles. The van der Waals surface area contributed by atoms with Gasteiger partial charge in [0.1, 0.15) is 23.7 Å². The minimum atomic E-state index is -0.494. The number of para-hydroxylation sites is 1. The Kier molecular flexibility index (Phi) is 8.37. The van der Waals surface area contributed by atoms with Gasteiger partial charge >= 0.3 is 6.09 Å². The topological polar surface area (TPSA) is 64.1 Å². The van der Waals surface area contributed by atoms with Crippen molar-refractivity contribution in [3.8, 4) is 11.5 Å². The Hall–Kier alpha value is -2.96. The molecule has 190 valence electrons. The molecule has 7 heteroatoms. The second-order valence-electron chi connectivity index (χ2n) is 10.5. The fourth-order valence-corrected chi connectivity index (χ4v) is 4.76. The molecule has 2 aromatic rings. The van der Waals surface area contributed by atoms with Crippen molar-refractivity contribution in [2.75, 3.05) is 37.7 Å². The summed E-state index contributed by atoms with van der Waals surface area (Å²) in [5.74, 6) is 2.38. The standard InChI is InChI=1S/C28H39N3O4/c1-28(2,3)35-27(32)31-14-7-8-23(31)21-34-26-18-24(19-29-20-26)30-15-11-22(12-16-30)13-17-33-25-9-5-4-6-10-25/h4-6,9-10,18-20,22-23H,7-8,11-17,21H2,1-3H3/t23-/m0/s1. The lowest BCUT2D eigenvalue weighted by atomic mass is 9.94. The molecule has 2 aliphatic rings. The first-order valence-corrected chi connectivity index (χ1v) is 12.9. The van der Waals surface area contributed by atoms with Crippen LogP contribution in [0.5, 0.6) is 11.5 Å². The minimum absolute atomic E-state index is 0.0300. The zero-order valence-electron chi connectivity index (χ0n) is 21.3. The van der Waals surface area contributed by atoms with Crippen LogP contribution in [0.15, 0.2) is 48.8 Å². The van der Waals surface area contributed by atoms with Gasteiger partial charge in [0.25, 0.3) is 0 Å². The highest BCUT2D eigenvalue weighted by molar-refractivity contribution is 5.69. The van der Waals surface area contributed by atoms with Crippen molar-refractivity contribution in [1.82, 2.24) is 9.88 Å². The van der Waals surface area contributed by atoms with Gasteiger partial charge in [0.15, 0.2) is 0 Å². The number of likely N-dealkylation sites (tertiary alicyclic amines) is 1. The normalized spacial score (nSPS) is 19.0. The maximum atomic E-state index is 12.5. The lowest BCUT2D eigenvalue weighted by Crippen LogP contribution is -2.42. The van der Waals surface area contributed by atoms with E-state index in [9.17, 15) is 4.79 Å². The second kappa shape index (κ2) is 11.6. The number of pyridine rings is 1. The third-order valence-corrected chi connectivity index (χ3v) is 6.66. The summed E-state index contributed by atoms with van der Waals surface area (Å²) in [6, 6.07) is 12.1. The maximum absolute atomic E-state index is 12.5. The van der Waals surface area contributed by atoms with Crippen molar-refractivity contribution in [1.29, 1.82) is 0 Å². The average molecular weight is 482 g/mol. The highest BCUT2D eigenvalue weighted by Crippen LogP contribution is 2.28.